The topological polar surface area (TPSA) is 33.0 Å². The summed E-state index contributed by atoms with van der Waals surface area (Å²) >= 11 is 3.28. The number of nitriles is 1. The molecule has 0 radical (unpaired) electrons. The van der Waals surface area contributed by atoms with Crippen molar-refractivity contribution in [3.05, 3.63) is 64.5 Å². The molecule has 2 nitrogen and oxygen atoms in total. The second kappa shape index (κ2) is 6.53. The van der Waals surface area contributed by atoms with E-state index in [1.54, 1.807) is 18.2 Å². The summed E-state index contributed by atoms with van der Waals surface area (Å²) < 4.78 is 19.3. The molecule has 0 aliphatic carbocycles. The summed E-state index contributed by atoms with van der Waals surface area (Å²) in [7, 11) is 0. The highest BCUT2D eigenvalue weighted by atomic mass is 79.9. The summed E-state index contributed by atoms with van der Waals surface area (Å²) in [6.07, 6.45) is 0. The maximum atomic E-state index is 13.8. The van der Waals surface area contributed by atoms with Crippen molar-refractivity contribution in [2.24, 2.45) is 0 Å². The number of nitrogens with zero attached hydrogens (tertiary/aromatic N) is 1. The molecular formula is C16H13BrFNO. The van der Waals surface area contributed by atoms with Crippen LogP contribution >= 0.6 is 15.9 Å². The predicted molar refractivity (Wildman–Crippen MR) is 79.3 cm³/mol. The van der Waals surface area contributed by atoms with Crippen LogP contribution in [0.2, 0.25) is 0 Å². The van der Waals surface area contributed by atoms with E-state index in [-0.39, 0.29) is 18.2 Å². The van der Waals surface area contributed by atoms with Crippen LogP contribution < -0.4 is 4.74 Å². The molecule has 102 valence electrons. The van der Waals surface area contributed by atoms with Crippen LogP contribution in [0.5, 0.6) is 5.75 Å². The Labute approximate surface area is 125 Å². The molecule has 0 N–H and O–H groups in total. The van der Waals surface area contributed by atoms with Gasteiger partial charge in [0.1, 0.15) is 6.61 Å². The molecule has 2 aromatic rings. The van der Waals surface area contributed by atoms with Gasteiger partial charge in [0.2, 0.25) is 0 Å². The van der Waals surface area contributed by atoms with Crippen molar-refractivity contribution < 1.29 is 9.13 Å². The summed E-state index contributed by atoms with van der Waals surface area (Å²) in [5, 5.41) is 9.42. The number of alkyl halides is 1. The minimum Gasteiger partial charge on any atom is -0.486 e. The van der Waals surface area contributed by atoms with Gasteiger partial charge in [-0.1, -0.05) is 28.1 Å². The van der Waals surface area contributed by atoms with Crippen LogP contribution in [0.1, 0.15) is 22.3 Å². The van der Waals surface area contributed by atoms with Crippen molar-refractivity contribution in [1.82, 2.24) is 0 Å². The first-order valence-corrected chi connectivity index (χ1v) is 7.23. The molecule has 0 saturated heterocycles. The van der Waals surface area contributed by atoms with Gasteiger partial charge in [0.15, 0.2) is 11.6 Å². The molecule has 2 aromatic carbocycles. The smallest absolute Gasteiger partial charge is 0.165 e. The number of halogens is 2. The highest BCUT2D eigenvalue weighted by Gasteiger charge is 2.06. The van der Waals surface area contributed by atoms with Crippen molar-refractivity contribution in [3.63, 3.8) is 0 Å². The zero-order valence-corrected chi connectivity index (χ0v) is 12.6. The van der Waals surface area contributed by atoms with Crippen LogP contribution in [-0.2, 0) is 11.9 Å². The van der Waals surface area contributed by atoms with Gasteiger partial charge < -0.3 is 4.74 Å². The van der Waals surface area contributed by atoms with Gasteiger partial charge in [0, 0.05) is 5.33 Å². The number of ether oxygens (including phenoxy) is 1. The SMILES string of the molecule is Cc1cc(C#N)ccc1COc1ccc(CBr)cc1F. The predicted octanol–water partition coefficient (Wildman–Crippen LogP) is 4.48. The van der Waals surface area contributed by atoms with Crippen molar-refractivity contribution in [3.8, 4) is 11.8 Å². The van der Waals surface area contributed by atoms with Crippen LogP contribution in [0, 0.1) is 24.1 Å². The molecule has 0 aliphatic rings. The summed E-state index contributed by atoms with van der Waals surface area (Å²) in [5.74, 6) is -0.133. The molecule has 0 spiro atoms. The van der Waals surface area contributed by atoms with Gasteiger partial charge in [-0.3, -0.25) is 0 Å². The van der Waals surface area contributed by atoms with E-state index in [2.05, 4.69) is 22.0 Å². The van der Waals surface area contributed by atoms with Gasteiger partial charge >= 0.3 is 0 Å². The number of aryl methyl sites for hydroxylation is 1. The van der Waals surface area contributed by atoms with Gasteiger partial charge in [-0.2, -0.15) is 5.26 Å². The highest BCUT2D eigenvalue weighted by Crippen LogP contribution is 2.21. The third-order valence-corrected chi connectivity index (χ3v) is 3.65. The Morgan fingerprint density at radius 1 is 1.25 bits per heavy atom. The standard InChI is InChI=1S/C16H13BrFNO/c1-11-6-13(9-19)2-4-14(11)10-20-16-5-3-12(8-17)7-15(16)18/h2-7H,8,10H2,1H3. The van der Waals surface area contributed by atoms with Gasteiger partial charge in [-0.15, -0.1) is 0 Å². The lowest BCUT2D eigenvalue weighted by molar-refractivity contribution is 0.289. The minimum absolute atomic E-state index is 0.235. The number of rotatable bonds is 4. The Morgan fingerprint density at radius 3 is 2.65 bits per heavy atom. The van der Waals surface area contributed by atoms with Crippen LogP contribution in [0.3, 0.4) is 0 Å². The van der Waals surface area contributed by atoms with Gasteiger partial charge in [0.05, 0.1) is 11.6 Å². The average Bonchev–Trinajstić information content (AvgIpc) is 2.46. The quantitative estimate of drug-likeness (QED) is 0.773. The molecule has 0 bridgehead atoms. The van der Waals surface area contributed by atoms with E-state index in [9.17, 15) is 4.39 Å². The fraction of sp³-hybridized carbons (Fsp3) is 0.188. The van der Waals surface area contributed by atoms with Crippen molar-refractivity contribution in [2.75, 3.05) is 0 Å². The fourth-order valence-electron chi connectivity index (χ4n) is 1.83. The molecule has 2 rings (SSSR count). The molecule has 0 aliphatic heterocycles. The lowest BCUT2D eigenvalue weighted by Gasteiger charge is -2.10. The van der Waals surface area contributed by atoms with Gasteiger partial charge in [-0.05, 0) is 47.9 Å². The van der Waals surface area contributed by atoms with E-state index >= 15 is 0 Å². The van der Waals surface area contributed by atoms with Crippen LogP contribution in [-0.4, -0.2) is 0 Å². The summed E-state index contributed by atoms with van der Waals surface area (Å²) in [5.41, 5.74) is 3.37. The Balaban J connectivity index is 2.11. The van der Waals surface area contributed by atoms with Gasteiger partial charge in [0.25, 0.3) is 0 Å². The lowest BCUT2D eigenvalue weighted by Crippen LogP contribution is -2.00. The maximum absolute atomic E-state index is 13.8. The minimum atomic E-state index is -0.367. The molecule has 0 atom stereocenters. The first kappa shape index (κ1) is 14.5. The maximum Gasteiger partial charge on any atom is 0.165 e. The molecule has 0 unspecified atom stereocenters. The van der Waals surface area contributed by atoms with E-state index in [0.717, 1.165) is 16.7 Å². The third kappa shape index (κ3) is 3.37. The Morgan fingerprint density at radius 2 is 2.05 bits per heavy atom. The Bertz CT molecular complexity index is 664. The second-order valence-electron chi connectivity index (χ2n) is 4.44. The van der Waals surface area contributed by atoms with Crippen molar-refractivity contribution in [1.29, 1.82) is 5.26 Å². The normalized spacial score (nSPS) is 10.1. The number of hydrogen-bond acceptors (Lipinski definition) is 2. The third-order valence-electron chi connectivity index (χ3n) is 3.01. The van der Waals surface area contributed by atoms with E-state index < -0.39 is 0 Å². The average molecular weight is 334 g/mol. The second-order valence-corrected chi connectivity index (χ2v) is 5.00. The summed E-state index contributed by atoms with van der Waals surface area (Å²) in [6.45, 7) is 2.19. The summed E-state index contributed by atoms with van der Waals surface area (Å²) in [6, 6.07) is 12.3. The zero-order chi connectivity index (χ0) is 14.5. The first-order chi connectivity index (χ1) is 9.63. The van der Waals surface area contributed by atoms with Crippen molar-refractivity contribution in [2.45, 2.75) is 18.9 Å². The first-order valence-electron chi connectivity index (χ1n) is 6.11. The largest absolute Gasteiger partial charge is 0.486 e. The van der Waals surface area contributed by atoms with Crippen LogP contribution in [0.25, 0.3) is 0 Å². The molecular weight excluding hydrogens is 321 g/mol. The van der Waals surface area contributed by atoms with E-state index in [1.807, 2.05) is 19.1 Å². The number of hydrogen-bond donors (Lipinski definition) is 0. The fourth-order valence-corrected chi connectivity index (χ4v) is 2.18. The number of benzene rings is 2. The van der Waals surface area contributed by atoms with Crippen LogP contribution in [0.15, 0.2) is 36.4 Å². The molecule has 0 aromatic heterocycles. The van der Waals surface area contributed by atoms with E-state index in [4.69, 9.17) is 10.00 Å². The Kier molecular flexibility index (Phi) is 4.75. The molecule has 4 heteroatoms. The van der Waals surface area contributed by atoms with Gasteiger partial charge in [-0.25, -0.2) is 4.39 Å². The molecule has 0 heterocycles. The molecule has 0 amide bonds. The summed E-state index contributed by atoms with van der Waals surface area (Å²) in [4.78, 5) is 0. The monoisotopic (exact) mass is 333 g/mol. The lowest BCUT2D eigenvalue weighted by atomic mass is 10.1. The molecule has 0 saturated carbocycles. The van der Waals surface area contributed by atoms with Crippen LogP contribution in [0.4, 0.5) is 4.39 Å². The highest BCUT2D eigenvalue weighted by molar-refractivity contribution is 9.08. The van der Waals surface area contributed by atoms with E-state index in [0.29, 0.717) is 10.9 Å². The zero-order valence-electron chi connectivity index (χ0n) is 11.0. The Hall–Kier alpha value is -1.86. The van der Waals surface area contributed by atoms with E-state index in [1.165, 1.54) is 6.07 Å². The van der Waals surface area contributed by atoms with Crippen molar-refractivity contribution >= 4 is 15.9 Å². The molecule has 20 heavy (non-hydrogen) atoms. The molecule has 0 fully saturated rings.